The molecule has 1 atom stereocenters. The number of fused-ring (bicyclic) bond motifs is 1. The van der Waals surface area contributed by atoms with Gasteiger partial charge in [-0.15, -0.1) is 0 Å². The highest BCUT2D eigenvalue weighted by atomic mass is 79.9. The lowest BCUT2D eigenvalue weighted by Gasteiger charge is -2.22. The molecule has 0 fully saturated rings. The lowest BCUT2D eigenvalue weighted by Crippen LogP contribution is -2.17. The molecule has 110 valence electrons. The van der Waals surface area contributed by atoms with Crippen LogP contribution >= 0.6 is 15.9 Å². The summed E-state index contributed by atoms with van der Waals surface area (Å²) in [6.07, 6.45) is 1.03. The third-order valence-corrected chi connectivity index (χ3v) is 4.43. The van der Waals surface area contributed by atoms with Gasteiger partial charge >= 0.3 is 0 Å². The van der Waals surface area contributed by atoms with Crippen LogP contribution in [0.1, 0.15) is 29.7 Å². The number of hydrogen-bond acceptors (Lipinski definition) is 3. The molecule has 0 bridgehead atoms. The van der Waals surface area contributed by atoms with E-state index in [4.69, 9.17) is 15.2 Å². The zero-order chi connectivity index (χ0) is 14.8. The Labute approximate surface area is 133 Å². The molecule has 2 N–H and O–H groups in total. The Morgan fingerprint density at radius 3 is 2.33 bits per heavy atom. The maximum atomic E-state index is 6.42. The predicted octanol–water partition coefficient (Wildman–Crippen LogP) is 3.83. The molecule has 0 amide bonds. The van der Waals surface area contributed by atoms with E-state index in [1.165, 1.54) is 5.56 Å². The Kier molecular flexibility index (Phi) is 4.17. The van der Waals surface area contributed by atoms with E-state index in [-0.39, 0.29) is 6.04 Å². The second-order valence-corrected chi connectivity index (χ2v) is 5.94. The SMILES string of the molecule is CCc1ccc(C(N)c2cc3c(cc2Br)OCCO3)cc1. The van der Waals surface area contributed by atoms with E-state index in [0.29, 0.717) is 13.2 Å². The molecule has 0 aliphatic carbocycles. The summed E-state index contributed by atoms with van der Waals surface area (Å²) in [7, 11) is 0. The molecule has 2 aromatic rings. The first kappa shape index (κ1) is 14.4. The highest BCUT2D eigenvalue weighted by Gasteiger charge is 2.19. The molecular formula is C17H18BrNO2. The van der Waals surface area contributed by atoms with Crippen molar-refractivity contribution >= 4 is 15.9 Å². The molecule has 3 nitrogen and oxygen atoms in total. The summed E-state index contributed by atoms with van der Waals surface area (Å²) in [5, 5.41) is 0. The molecule has 0 saturated heterocycles. The van der Waals surface area contributed by atoms with Gasteiger partial charge in [0.05, 0.1) is 6.04 Å². The first-order chi connectivity index (χ1) is 10.2. The summed E-state index contributed by atoms with van der Waals surface area (Å²) in [4.78, 5) is 0. The fourth-order valence-electron chi connectivity index (χ4n) is 2.46. The van der Waals surface area contributed by atoms with Crippen LogP contribution in [-0.4, -0.2) is 13.2 Å². The summed E-state index contributed by atoms with van der Waals surface area (Å²) in [5.74, 6) is 1.53. The van der Waals surface area contributed by atoms with Crippen LogP contribution in [0.4, 0.5) is 0 Å². The number of hydrogen-bond donors (Lipinski definition) is 1. The zero-order valence-electron chi connectivity index (χ0n) is 11.9. The Morgan fingerprint density at radius 2 is 1.71 bits per heavy atom. The van der Waals surface area contributed by atoms with Crippen molar-refractivity contribution in [1.82, 2.24) is 0 Å². The molecule has 0 saturated carbocycles. The van der Waals surface area contributed by atoms with Crippen LogP contribution in [0, 0.1) is 0 Å². The average molecular weight is 348 g/mol. The van der Waals surface area contributed by atoms with Crippen LogP contribution in [0.15, 0.2) is 40.9 Å². The third-order valence-electron chi connectivity index (χ3n) is 3.74. The van der Waals surface area contributed by atoms with Crippen LogP contribution in [0.25, 0.3) is 0 Å². The van der Waals surface area contributed by atoms with Gasteiger partial charge in [0.25, 0.3) is 0 Å². The van der Waals surface area contributed by atoms with E-state index in [0.717, 1.165) is 33.5 Å². The molecular weight excluding hydrogens is 330 g/mol. The van der Waals surface area contributed by atoms with Gasteiger partial charge < -0.3 is 15.2 Å². The minimum absolute atomic E-state index is 0.193. The fourth-order valence-corrected chi connectivity index (χ4v) is 3.03. The second kappa shape index (κ2) is 6.08. The van der Waals surface area contributed by atoms with Gasteiger partial charge in [-0.25, -0.2) is 0 Å². The van der Waals surface area contributed by atoms with Gasteiger partial charge in [0.1, 0.15) is 13.2 Å². The third kappa shape index (κ3) is 2.92. The minimum Gasteiger partial charge on any atom is -0.486 e. The smallest absolute Gasteiger partial charge is 0.162 e. The average Bonchev–Trinajstić information content (AvgIpc) is 2.53. The van der Waals surface area contributed by atoms with E-state index in [9.17, 15) is 0 Å². The van der Waals surface area contributed by atoms with Gasteiger partial charge in [0.15, 0.2) is 11.5 Å². The Balaban J connectivity index is 1.94. The Bertz CT molecular complexity index is 640. The highest BCUT2D eigenvalue weighted by Crippen LogP contribution is 2.38. The number of aryl methyl sites for hydroxylation is 1. The fraction of sp³-hybridized carbons (Fsp3) is 0.294. The molecule has 21 heavy (non-hydrogen) atoms. The van der Waals surface area contributed by atoms with E-state index < -0.39 is 0 Å². The number of benzene rings is 2. The van der Waals surface area contributed by atoms with Gasteiger partial charge in [0, 0.05) is 4.47 Å². The topological polar surface area (TPSA) is 44.5 Å². The number of nitrogens with two attached hydrogens (primary N) is 1. The van der Waals surface area contributed by atoms with Crippen molar-refractivity contribution in [2.75, 3.05) is 13.2 Å². The van der Waals surface area contributed by atoms with Crippen molar-refractivity contribution in [2.45, 2.75) is 19.4 Å². The molecule has 1 aliphatic rings. The normalized spacial score (nSPS) is 14.8. The van der Waals surface area contributed by atoms with Crippen LogP contribution in [0.2, 0.25) is 0 Å². The van der Waals surface area contributed by atoms with Crippen LogP contribution in [-0.2, 0) is 6.42 Å². The van der Waals surface area contributed by atoms with E-state index in [1.807, 2.05) is 12.1 Å². The van der Waals surface area contributed by atoms with Gasteiger partial charge in [0.2, 0.25) is 0 Å². The van der Waals surface area contributed by atoms with Crippen LogP contribution in [0.5, 0.6) is 11.5 Å². The zero-order valence-corrected chi connectivity index (χ0v) is 13.5. The van der Waals surface area contributed by atoms with Crippen LogP contribution < -0.4 is 15.2 Å². The molecule has 0 radical (unpaired) electrons. The van der Waals surface area contributed by atoms with E-state index in [2.05, 4.69) is 47.1 Å². The maximum Gasteiger partial charge on any atom is 0.162 e. The molecule has 3 rings (SSSR count). The lowest BCUT2D eigenvalue weighted by molar-refractivity contribution is 0.171. The van der Waals surface area contributed by atoms with Crippen molar-refractivity contribution in [2.24, 2.45) is 5.73 Å². The monoisotopic (exact) mass is 347 g/mol. The summed E-state index contributed by atoms with van der Waals surface area (Å²) in [5.41, 5.74) is 9.82. The van der Waals surface area contributed by atoms with Gasteiger partial charge in [-0.3, -0.25) is 0 Å². The number of rotatable bonds is 3. The molecule has 2 aromatic carbocycles. The van der Waals surface area contributed by atoms with Crippen molar-refractivity contribution in [3.8, 4) is 11.5 Å². The summed E-state index contributed by atoms with van der Waals surface area (Å²) in [6.45, 7) is 3.31. The summed E-state index contributed by atoms with van der Waals surface area (Å²) in [6, 6.07) is 12.1. The minimum atomic E-state index is -0.193. The summed E-state index contributed by atoms with van der Waals surface area (Å²) < 4.78 is 12.2. The second-order valence-electron chi connectivity index (χ2n) is 5.09. The van der Waals surface area contributed by atoms with Crippen molar-refractivity contribution in [1.29, 1.82) is 0 Å². The quantitative estimate of drug-likeness (QED) is 0.917. The molecule has 0 spiro atoms. The number of halogens is 1. The Morgan fingerprint density at radius 1 is 1.10 bits per heavy atom. The first-order valence-electron chi connectivity index (χ1n) is 7.12. The predicted molar refractivity (Wildman–Crippen MR) is 87.0 cm³/mol. The Hall–Kier alpha value is -1.52. The van der Waals surface area contributed by atoms with E-state index in [1.54, 1.807) is 0 Å². The van der Waals surface area contributed by atoms with Gasteiger partial charge in [-0.1, -0.05) is 47.1 Å². The van der Waals surface area contributed by atoms with Crippen molar-refractivity contribution < 1.29 is 9.47 Å². The molecule has 1 aliphatic heterocycles. The molecule has 1 heterocycles. The molecule has 0 aromatic heterocycles. The van der Waals surface area contributed by atoms with Crippen LogP contribution in [0.3, 0.4) is 0 Å². The molecule has 1 unspecified atom stereocenters. The van der Waals surface area contributed by atoms with Crippen molar-refractivity contribution in [3.63, 3.8) is 0 Å². The number of ether oxygens (including phenoxy) is 2. The standard InChI is InChI=1S/C17H18BrNO2/c1-2-11-3-5-12(6-4-11)17(19)13-9-15-16(10-14(13)18)21-8-7-20-15/h3-6,9-10,17H,2,7-8,19H2,1H3. The van der Waals surface area contributed by atoms with Gasteiger partial charge in [-0.2, -0.15) is 0 Å². The maximum absolute atomic E-state index is 6.42. The lowest BCUT2D eigenvalue weighted by atomic mass is 9.97. The first-order valence-corrected chi connectivity index (χ1v) is 7.91. The largest absolute Gasteiger partial charge is 0.486 e. The van der Waals surface area contributed by atoms with Crippen molar-refractivity contribution in [3.05, 3.63) is 57.6 Å². The summed E-state index contributed by atoms with van der Waals surface area (Å²) >= 11 is 3.59. The van der Waals surface area contributed by atoms with Gasteiger partial charge in [-0.05, 0) is 35.2 Å². The highest BCUT2D eigenvalue weighted by molar-refractivity contribution is 9.10. The van der Waals surface area contributed by atoms with E-state index >= 15 is 0 Å². The molecule has 4 heteroatoms.